The first kappa shape index (κ1) is 15.6. The van der Waals surface area contributed by atoms with Gasteiger partial charge in [-0.05, 0) is 39.3 Å². The van der Waals surface area contributed by atoms with E-state index in [4.69, 9.17) is 10.5 Å². The summed E-state index contributed by atoms with van der Waals surface area (Å²) in [7, 11) is 0. The molecule has 116 valence electrons. The van der Waals surface area contributed by atoms with Gasteiger partial charge in [-0.25, -0.2) is 4.52 Å². The lowest BCUT2D eigenvalue weighted by Crippen LogP contribution is -2.41. The first-order valence-electron chi connectivity index (χ1n) is 7.66. The van der Waals surface area contributed by atoms with Gasteiger partial charge < -0.3 is 10.5 Å². The molecule has 5 heteroatoms. The van der Waals surface area contributed by atoms with E-state index in [0.717, 1.165) is 18.5 Å². The molecule has 0 saturated heterocycles. The maximum Gasteiger partial charge on any atom is 0.257 e. The Kier molecular flexibility index (Phi) is 5.07. The molecule has 0 radical (unpaired) electrons. The molecule has 0 aliphatic heterocycles. The quantitative estimate of drug-likeness (QED) is 0.852. The van der Waals surface area contributed by atoms with Crippen molar-refractivity contribution in [3.8, 4) is 5.88 Å². The number of fused-ring (bicyclic) bond motifs is 1. The molecule has 0 aromatic carbocycles. The Labute approximate surface area is 126 Å². The molecule has 0 spiro atoms. The van der Waals surface area contributed by atoms with E-state index < -0.39 is 0 Å². The normalized spacial score (nSPS) is 13.2. The van der Waals surface area contributed by atoms with E-state index in [-0.39, 0.29) is 0 Å². The smallest absolute Gasteiger partial charge is 0.257 e. The Morgan fingerprint density at radius 2 is 2.10 bits per heavy atom. The zero-order valence-electron chi connectivity index (χ0n) is 13.4. The number of nitrogens with zero attached hydrogens (tertiary/aromatic N) is 3. The standard InChI is InChI=1S/C16H26N4O/c1-5-13(4)19(12(2)3)10-11-21-16-15(17)14-8-6-7-9-20(14)18-16/h6-9,12-13H,5,10-11,17H2,1-4H3. The van der Waals surface area contributed by atoms with E-state index in [2.05, 4.69) is 37.7 Å². The van der Waals surface area contributed by atoms with Gasteiger partial charge >= 0.3 is 0 Å². The van der Waals surface area contributed by atoms with E-state index in [1.54, 1.807) is 4.52 Å². The highest BCUT2D eigenvalue weighted by Gasteiger charge is 2.16. The average molecular weight is 290 g/mol. The van der Waals surface area contributed by atoms with Gasteiger partial charge in [0.05, 0.1) is 5.52 Å². The minimum Gasteiger partial charge on any atom is -0.474 e. The maximum absolute atomic E-state index is 6.08. The van der Waals surface area contributed by atoms with Crippen LogP contribution in [0.4, 0.5) is 5.69 Å². The van der Waals surface area contributed by atoms with E-state index in [1.165, 1.54) is 0 Å². The zero-order valence-corrected chi connectivity index (χ0v) is 13.4. The van der Waals surface area contributed by atoms with Crippen molar-refractivity contribution < 1.29 is 4.74 Å². The molecule has 21 heavy (non-hydrogen) atoms. The highest BCUT2D eigenvalue weighted by Crippen LogP contribution is 2.24. The molecule has 0 fully saturated rings. The van der Waals surface area contributed by atoms with Gasteiger partial charge in [-0.1, -0.05) is 13.0 Å². The fraction of sp³-hybridized carbons (Fsp3) is 0.562. The number of rotatable bonds is 7. The minimum absolute atomic E-state index is 0.502. The maximum atomic E-state index is 6.08. The number of ether oxygens (including phenoxy) is 1. The first-order chi connectivity index (χ1) is 10.0. The summed E-state index contributed by atoms with van der Waals surface area (Å²) in [5, 5.41) is 4.37. The van der Waals surface area contributed by atoms with Crippen LogP contribution < -0.4 is 10.5 Å². The fourth-order valence-corrected chi connectivity index (χ4v) is 2.57. The average Bonchev–Trinajstić information content (AvgIpc) is 2.79. The molecule has 1 unspecified atom stereocenters. The van der Waals surface area contributed by atoms with Crippen molar-refractivity contribution in [1.29, 1.82) is 0 Å². The van der Waals surface area contributed by atoms with Crippen molar-refractivity contribution in [1.82, 2.24) is 14.5 Å². The summed E-state index contributed by atoms with van der Waals surface area (Å²) in [6.07, 6.45) is 3.01. The second kappa shape index (κ2) is 6.80. The summed E-state index contributed by atoms with van der Waals surface area (Å²) >= 11 is 0. The number of pyridine rings is 1. The molecule has 0 saturated carbocycles. The third-order valence-corrected chi connectivity index (χ3v) is 3.95. The van der Waals surface area contributed by atoms with Gasteiger partial charge in [0.25, 0.3) is 5.88 Å². The zero-order chi connectivity index (χ0) is 15.4. The van der Waals surface area contributed by atoms with Crippen LogP contribution in [0.5, 0.6) is 5.88 Å². The summed E-state index contributed by atoms with van der Waals surface area (Å²) in [6, 6.07) is 6.86. The van der Waals surface area contributed by atoms with E-state index in [9.17, 15) is 0 Å². The number of aromatic nitrogens is 2. The van der Waals surface area contributed by atoms with Gasteiger partial charge in [0.1, 0.15) is 12.3 Å². The van der Waals surface area contributed by atoms with Crippen LogP contribution in [0.2, 0.25) is 0 Å². The Hall–Kier alpha value is -1.75. The predicted molar refractivity (Wildman–Crippen MR) is 86.7 cm³/mol. The monoisotopic (exact) mass is 290 g/mol. The van der Waals surface area contributed by atoms with Gasteiger partial charge in [-0.3, -0.25) is 4.90 Å². The van der Waals surface area contributed by atoms with Crippen molar-refractivity contribution >= 4 is 11.2 Å². The Balaban J connectivity index is 2.00. The molecule has 0 amide bonds. The van der Waals surface area contributed by atoms with Crippen LogP contribution in [-0.4, -0.2) is 39.7 Å². The van der Waals surface area contributed by atoms with Crippen molar-refractivity contribution in [3.63, 3.8) is 0 Å². The molecule has 1 atom stereocenters. The van der Waals surface area contributed by atoms with Crippen molar-refractivity contribution in [2.75, 3.05) is 18.9 Å². The molecule has 0 aliphatic rings. The van der Waals surface area contributed by atoms with Crippen LogP contribution in [-0.2, 0) is 0 Å². The van der Waals surface area contributed by atoms with Crippen LogP contribution in [0.15, 0.2) is 24.4 Å². The minimum atomic E-state index is 0.502. The molecule has 2 rings (SSSR count). The molecule has 0 aliphatic carbocycles. The largest absolute Gasteiger partial charge is 0.474 e. The van der Waals surface area contributed by atoms with Crippen LogP contribution >= 0.6 is 0 Å². The summed E-state index contributed by atoms with van der Waals surface area (Å²) in [5.41, 5.74) is 7.57. The van der Waals surface area contributed by atoms with Gasteiger partial charge in [-0.15, -0.1) is 5.10 Å². The SMILES string of the molecule is CCC(C)N(CCOc1nn2ccccc2c1N)C(C)C. The number of hydrogen-bond donors (Lipinski definition) is 1. The van der Waals surface area contributed by atoms with Crippen molar-refractivity contribution in [2.24, 2.45) is 0 Å². The number of nitrogen functional groups attached to an aromatic ring is 1. The topological polar surface area (TPSA) is 55.8 Å². The van der Waals surface area contributed by atoms with Crippen LogP contribution in [0.3, 0.4) is 0 Å². The Morgan fingerprint density at radius 1 is 1.33 bits per heavy atom. The molecule has 2 N–H and O–H groups in total. The highest BCUT2D eigenvalue weighted by atomic mass is 16.5. The third kappa shape index (κ3) is 3.47. The highest BCUT2D eigenvalue weighted by molar-refractivity contribution is 5.74. The van der Waals surface area contributed by atoms with Gasteiger partial charge in [0.2, 0.25) is 0 Å². The number of hydrogen-bond acceptors (Lipinski definition) is 4. The summed E-state index contributed by atoms with van der Waals surface area (Å²) in [5.74, 6) is 0.522. The van der Waals surface area contributed by atoms with Crippen LogP contribution in [0.1, 0.15) is 34.1 Å². The second-order valence-corrected chi connectivity index (χ2v) is 5.69. The van der Waals surface area contributed by atoms with E-state index in [0.29, 0.717) is 30.3 Å². The molecule has 2 aromatic heterocycles. The predicted octanol–water partition coefficient (Wildman–Crippen LogP) is 2.80. The van der Waals surface area contributed by atoms with Crippen LogP contribution in [0, 0.1) is 0 Å². The molecule has 5 nitrogen and oxygen atoms in total. The van der Waals surface area contributed by atoms with E-state index >= 15 is 0 Å². The lowest BCUT2D eigenvalue weighted by atomic mass is 10.2. The third-order valence-electron chi connectivity index (χ3n) is 3.95. The van der Waals surface area contributed by atoms with Crippen molar-refractivity contribution in [2.45, 2.75) is 46.2 Å². The Bertz CT molecular complexity index is 579. The summed E-state index contributed by atoms with van der Waals surface area (Å²) in [6.45, 7) is 10.4. The van der Waals surface area contributed by atoms with Gasteiger partial charge in [0, 0.05) is 24.8 Å². The van der Waals surface area contributed by atoms with Gasteiger partial charge in [-0.2, -0.15) is 0 Å². The number of anilines is 1. The first-order valence-corrected chi connectivity index (χ1v) is 7.66. The van der Waals surface area contributed by atoms with Gasteiger partial charge in [0.15, 0.2) is 0 Å². The lowest BCUT2D eigenvalue weighted by Gasteiger charge is -2.31. The fourth-order valence-electron chi connectivity index (χ4n) is 2.57. The molecule has 2 heterocycles. The Morgan fingerprint density at radius 3 is 2.71 bits per heavy atom. The molecular formula is C16H26N4O. The molecule has 0 bridgehead atoms. The van der Waals surface area contributed by atoms with E-state index in [1.807, 2.05) is 24.4 Å². The summed E-state index contributed by atoms with van der Waals surface area (Å²) < 4.78 is 7.55. The van der Waals surface area contributed by atoms with Crippen molar-refractivity contribution in [3.05, 3.63) is 24.4 Å². The van der Waals surface area contributed by atoms with Crippen LogP contribution in [0.25, 0.3) is 5.52 Å². The summed E-state index contributed by atoms with van der Waals surface area (Å²) in [4.78, 5) is 2.44. The number of nitrogens with two attached hydrogens (primary N) is 1. The molecule has 2 aromatic rings. The molecular weight excluding hydrogens is 264 g/mol. The second-order valence-electron chi connectivity index (χ2n) is 5.69. The lowest BCUT2D eigenvalue weighted by molar-refractivity contribution is 0.129.